The predicted octanol–water partition coefficient (Wildman–Crippen LogP) is 2.27. The SMILES string of the molecule is Fc1ccc(/C=C/CN2CCCNCC2)cc1F. The first-order chi connectivity index (χ1) is 8.75. The van der Waals surface area contributed by atoms with Gasteiger partial charge in [-0.15, -0.1) is 0 Å². The van der Waals surface area contributed by atoms with E-state index < -0.39 is 11.6 Å². The van der Waals surface area contributed by atoms with Crippen LogP contribution in [0.1, 0.15) is 12.0 Å². The van der Waals surface area contributed by atoms with Crippen LogP contribution in [0.5, 0.6) is 0 Å². The van der Waals surface area contributed by atoms with Crippen molar-refractivity contribution in [2.75, 3.05) is 32.7 Å². The number of rotatable bonds is 3. The smallest absolute Gasteiger partial charge is 0.159 e. The molecule has 98 valence electrons. The van der Waals surface area contributed by atoms with Gasteiger partial charge in [-0.3, -0.25) is 4.90 Å². The molecule has 0 unspecified atom stereocenters. The molecule has 0 radical (unpaired) electrons. The molecular formula is C14H18F2N2. The van der Waals surface area contributed by atoms with Crippen LogP contribution >= 0.6 is 0 Å². The van der Waals surface area contributed by atoms with Crippen LogP contribution in [0, 0.1) is 11.6 Å². The Kier molecular flexibility index (Phi) is 4.84. The molecule has 4 heteroatoms. The van der Waals surface area contributed by atoms with Crippen molar-refractivity contribution < 1.29 is 8.78 Å². The van der Waals surface area contributed by atoms with Crippen molar-refractivity contribution in [2.24, 2.45) is 0 Å². The summed E-state index contributed by atoms with van der Waals surface area (Å²) in [5, 5.41) is 3.34. The molecule has 1 heterocycles. The highest BCUT2D eigenvalue weighted by Crippen LogP contribution is 2.10. The number of hydrogen-bond acceptors (Lipinski definition) is 2. The second kappa shape index (κ2) is 6.61. The molecule has 1 saturated heterocycles. The second-order valence-electron chi connectivity index (χ2n) is 4.48. The summed E-state index contributed by atoms with van der Waals surface area (Å²) in [6, 6.07) is 3.96. The zero-order valence-electron chi connectivity index (χ0n) is 10.3. The van der Waals surface area contributed by atoms with Crippen LogP contribution < -0.4 is 5.32 Å². The van der Waals surface area contributed by atoms with Crippen molar-refractivity contribution in [1.29, 1.82) is 0 Å². The molecule has 0 atom stereocenters. The van der Waals surface area contributed by atoms with Gasteiger partial charge >= 0.3 is 0 Å². The first-order valence-electron chi connectivity index (χ1n) is 6.30. The number of nitrogens with zero attached hydrogens (tertiary/aromatic N) is 1. The van der Waals surface area contributed by atoms with Crippen molar-refractivity contribution >= 4 is 6.08 Å². The minimum absolute atomic E-state index is 0.696. The Morgan fingerprint density at radius 2 is 2.06 bits per heavy atom. The first-order valence-corrected chi connectivity index (χ1v) is 6.30. The summed E-state index contributed by atoms with van der Waals surface area (Å²) in [5.41, 5.74) is 0.696. The van der Waals surface area contributed by atoms with E-state index in [-0.39, 0.29) is 0 Å². The largest absolute Gasteiger partial charge is 0.315 e. The van der Waals surface area contributed by atoms with E-state index in [0.29, 0.717) is 5.56 Å². The maximum atomic E-state index is 13.0. The predicted molar refractivity (Wildman–Crippen MR) is 69.3 cm³/mol. The van der Waals surface area contributed by atoms with Crippen molar-refractivity contribution in [3.05, 3.63) is 41.5 Å². The van der Waals surface area contributed by atoms with Gasteiger partial charge < -0.3 is 5.32 Å². The summed E-state index contributed by atoms with van der Waals surface area (Å²) in [6.45, 7) is 5.04. The molecule has 0 amide bonds. The third kappa shape index (κ3) is 3.89. The third-order valence-corrected chi connectivity index (χ3v) is 3.05. The summed E-state index contributed by atoms with van der Waals surface area (Å²) in [7, 11) is 0. The number of benzene rings is 1. The Morgan fingerprint density at radius 3 is 2.89 bits per heavy atom. The van der Waals surface area contributed by atoms with Crippen molar-refractivity contribution in [3.8, 4) is 0 Å². The van der Waals surface area contributed by atoms with Gasteiger partial charge in [-0.25, -0.2) is 8.78 Å². The Labute approximate surface area is 106 Å². The summed E-state index contributed by atoms with van der Waals surface area (Å²) < 4.78 is 25.7. The van der Waals surface area contributed by atoms with E-state index >= 15 is 0 Å². The fourth-order valence-electron chi connectivity index (χ4n) is 2.04. The van der Waals surface area contributed by atoms with Crippen molar-refractivity contribution in [2.45, 2.75) is 6.42 Å². The molecule has 0 aliphatic carbocycles. The average Bonchev–Trinajstić information content (AvgIpc) is 2.62. The van der Waals surface area contributed by atoms with Gasteiger partial charge in [0.25, 0.3) is 0 Å². The highest BCUT2D eigenvalue weighted by atomic mass is 19.2. The van der Waals surface area contributed by atoms with Crippen LogP contribution in [0.15, 0.2) is 24.3 Å². The third-order valence-electron chi connectivity index (χ3n) is 3.05. The maximum absolute atomic E-state index is 13.0. The Bertz CT molecular complexity index is 410. The Balaban J connectivity index is 1.88. The van der Waals surface area contributed by atoms with Crippen LogP contribution in [0.3, 0.4) is 0 Å². The molecule has 1 fully saturated rings. The van der Waals surface area contributed by atoms with Gasteiger partial charge in [0.15, 0.2) is 11.6 Å². The van der Waals surface area contributed by atoms with Crippen LogP contribution in [-0.2, 0) is 0 Å². The van der Waals surface area contributed by atoms with E-state index in [0.717, 1.165) is 45.2 Å². The first kappa shape index (κ1) is 13.2. The minimum atomic E-state index is -0.800. The molecule has 1 aliphatic rings. The second-order valence-corrected chi connectivity index (χ2v) is 4.48. The Hall–Kier alpha value is -1.26. The normalized spacial score (nSPS) is 18.1. The lowest BCUT2D eigenvalue weighted by atomic mass is 10.2. The van der Waals surface area contributed by atoms with Gasteiger partial charge in [0.1, 0.15) is 0 Å². The molecular weight excluding hydrogens is 234 g/mol. The van der Waals surface area contributed by atoms with E-state index in [4.69, 9.17) is 0 Å². The molecule has 1 N–H and O–H groups in total. The van der Waals surface area contributed by atoms with Gasteiger partial charge in [0.05, 0.1) is 0 Å². The standard InChI is InChI=1S/C14H18F2N2/c15-13-5-4-12(11-14(13)16)3-1-8-18-9-2-6-17-7-10-18/h1,3-5,11,17H,2,6-10H2/b3-1+. The van der Waals surface area contributed by atoms with E-state index in [1.807, 2.05) is 12.2 Å². The van der Waals surface area contributed by atoms with E-state index in [1.165, 1.54) is 6.07 Å². The van der Waals surface area contributed by atoms with E-state index in [1.54, 1.807) is 6.07 Å². The summed E-state index contributed by atoms with van der Waals surface area (Å²) in [5.74, 6) is -1.60. The molecule has 2 rings (SSSR count). The molecule has 0 aromatic heterocycles. The van der Waals surface area contributed by atoms with Gasteiger partial charge in [-0.2, -0.15) is 0 Å². The van der Waals surface area contributed by atoms with Gasteiger partial charge in [0.2, 0.25) is 0 Å². The molecule has 18 heavy (non-hydrogen) atoms. The fraction of sp³-hybridized carbons (Fsp3) is 0.429. The summed E-state index contributed by atoms with van der Waals surface area (Å²) in [6.07, 6.45) is 4.98. The highest BCUT2D eigenvalue weighted by Gasteiger charge is 2.06. The lowest BCUT2D eigenvalue weighted by Crippen LogP contribution is -2.28. The molecule has 0 bridgehead atoms. The lowest BCUT2D eigenvalue weighted by molar-refractivity contribution is 0.324. The van der Waals surface area contributed by atoms with Crippen LogP contribution in [-0.4, -0.2) is 37.6 Å². The average molecular weight is 252 g/mol. The van der Waals surface area contributed by atoms with Crippen LogP contribution in [0.4, 0.5) is 8.78 Å². The number of nitrogens with one attached hydrogen (secondary N) is 1. The van der Waals surface area contributed by atoms with Crippen LogP contribution in [0.2, 0.25) is 0 Å². The summed E-state index contributed by atoms with van der Waals surface area (Å²) in [4.78, 5) is 2.34. The van der Waals surface area contributed by atoms with E-state index in [9.17, 15) is 8.78 Å². The monoisotopic (exact) mass is 252 g/mol. The Morgan fingerprint density at radius 1 is 1.17 bits per heavy atom. The lowest BCUT2D eigenvalue weighted by Gasteiger charge is -2.16. The zero-order valence-corrected chi connectivity index (χ0v) is 10.3. The number of hydrogen-bond donors (Lipinski definition) is 1. The quantitative estimate of drug-likeness (QED) is 0.887. The number of halogens is 2. The molecule has 0 spiro atoms. The van der Waals surface area contributed by atoms with Crippen LogP contribution in [0.25, 0.3) is 6.08 Å². The highest BCUT2D eigenvalue weighted by molar-refractivity contribution is 5.49. The van der Waals surface area contributed by atoms with Crippen molar-refractivity contribution in [1.82, 2.24) is 10.2 Å². The van der Waals surface area contributed by atoms with Gasteiger partial charge in [0, 0.05) is 19.6 Å². The molecule has 2 nitrogen and oxygen atoms in total. The molecule has 1 aromatic carbocycles. The zero-order chi connectivity index (χ0) is 12.8. The van der Waals surface area contributed by atoms with E-state index in [2.05, 4.69) is 10.2 Å². The maximum Gasteiger partial charge on any atom is 0.159 e. The van der Waals surface area contributed by atoms with Gasteiger partial charge in [-0.05, 0) is 37.2 Å². The van der Waals surface area contributed by atoms with Crippen molar-refractivity contribution in [3.63, 3.8) is 0 Å². The minimum Gasteiger partial charge on any atom is -0.315 e. The molecule has 1 aliphatic heterocycles. The summed E-state index contributed by atoms with van der Waals surface area (Å²) >= 11 is 0. The fourth-order valence-corrected chi connectivity index (χ4v) is 2.04. The molecule has 0 saturated carbocycles. The van der Waals surface area contributed by atoms with Gasteiger partial charge in [-0.1, -0.05) is 18.2 Å². The topological polar surface area (TPSA) is 15.3 Å². The molecule has 1 aromatic rings.